The van der Waals surface area contributed by atoms with Crippen molar-refractivity contribution in [2.75, 3.05) is 35.0 Å². The molecule has 0 radical (unpaired) electrons. The molecule has 6 nitrogen and oxygen atoms in total. The van der Waals surface area contributed by atoms with E-state index in [1.54, 1.807) is 21.3 Å². The maximum atomic E-state index is 13.3. The number of fused-ring (bicyclic) bond motifs is 3. The lowest BCUT2D eigenvalue weighted by Crippen LogP contribution is -2.54. The van der Waals surface area contributed by atoms with Gasteiger partial charge in [-0.2, -0.15) is 0 Å². The molecular weight excluding hydrogens is 522 g/mol. The molecule has 7 heteroatoms. The highest BCUT2D eigenvalue weighted by atomic mass is 79.9. The second-order valence-corrected chi connectivity index (χ2v) is 9.78. The number of rotatable bonds is 5. The molecule has 186 valence electrons. The van der Waals surface area contributed by atoms with E-state index in [0.717, 1.165) is 49.5 Å². The number of nitrogens with zero attached hydrogens (tertiary/aromatic N) is 1. The molecule has 3 aromatic carbocycles. The summed E-state index contributed by atoms with van der Waals surface area (Å²) in [6.45, 7) is 0.407. The zero-order chi connectivity index (χ0) is 25.4. The van der Waals surface area contributed by atoms with Gasteiger partial charge in [0.05, 0.1) is 39.9 Å². The Bertz CT molecular complexity index is 1350. The summed E-state index contributed by atoms with van der Waals surface area (Å²) in [4.78, 5) is 15.1. The Labute approximate surface area is 219 Å². The van der Waals surface area contributed by atoms with Crippen LogP contribution >= 0.6 is 15.9 Å². The third-order valence-corrected chi connectivity index (χ3v) is 8.03. The molecule has 1 amide bonds. The molecule has 1 aliphatic heterocycles. The summed E-state index contributed by atoms with van der Waals surface area (Å²) in [7, 11) is 6.42. The van der Waals surface area contributed by atoms with Crippen LogP contribution in [0.1, 0.15) is 22.3 Å². The Kier molecular flexibility index (Phi) is 6.43. The van der Waals surface area contributed by atoms with Crippen molar-refractivity contribution in [1.82, 2.24) is 4.90 Å². The highest BCUT2D eigenvalue weighted by Crippen LogP contribution is 2.56. The molecule has 2 atom stereocenters. The summed E-state index contributed by atoms with van der Waals surface area (Å²) < 4.78 is 23.3. The fraction of sp³-hybridized carbons (Fsp3) is 0.276. The first kappa shape index (κ1) is 24.3. The van der Waals surface area contributed by atoms with Crippen LogP contribution in [0.15, 0.2) is 71.2 Å². The summed E-state index contributed by atoms with van der Waals surface area (Å²) in [5.41, 5.74) is 4.42. The molecular formula is C29H28BrNO5. The zero-order valence-electron chi connectivity index (χ0n) is 20.7. The highest BCUT2D eigenvalue weighted by molar-refractivity contribution is 9.10. The van der Waals surface area contributed by atoms with Crippen LogP contribution in [-0.4, -0.2) is 52.0 Å². The third-order valence-electron chi connectivity index (χ3n) is 7.29. The van der Waals surface area contributed by atoms with E-state index in [0.29, 0.717) is 13.0 Å². The quantitative estimate of drug-likeness (QED) is 0.399. The van der Waals surface area contributed by atoms with Crippen molar-refractivity contribution >= 4 is 27.6 Å². The second-order valence-electron chi connectivity index (χ2n) is 8.92. The number of hydrogen-bond donors (Lipinski definition) is 0. The minimum absolute atomic E-state index is 0.228. The smallest absolute Gasteiger partial charge is 0.410 e. The van der Waals surface area contributed by atoms with Gasteiger partial charge in [0, 0.05) is 16.6 Å². The molecule has 0 spiro atoms. The predicted molar refractivity (Wildman–Crippen MR) is 142 cm³/mol. The van der Waals surface area contributed by atoms with E-state index in [1.165, 1.54) is 7.11 Å². The summed E-state index contributed by atoms with van der Waals surface area (Å²) in [5, 5.41) is 0. The second kappa shape index (κ2) is 9.54. The van der Waals surface area contributed by atoms with Gasteiger partial charge in [-0.3, -0.25) is 4.90 Å². The van der Waals surface area contributed by atoms with Crippen LogP contribution in [0.5, 0.6) is 17.2 Å². The van der Waals surface area contributed by atoms with Crippen LogP contribution in [0, 0.1) is 0 Å². The number of hydrogen-bond acceptors (Lipinski definition) is 5. The van der Waals surface area contributed by atoms with Crippen molar-refractivity contribution in [2.24, 2.45) is 0 Å². The van der Waals surface area contributed by atoms with Crippen LogP contribution < -0.4 is 14.2 Å². The average Bonchev–Trinajstić information content (AvgIpc) is 3.29. The van der Waals surface area contributed by atoms with E-state index in [-0.39, 0.29) is 12.1 Å². The lowest BCUT2D eigenvalue weighted by molar-refractivity contribution is 0.0997. The Morgan fingerprint density at radius 2 is 1.67 bits per heavy atom. The molecule has 3 aromatic rings. The topological polar surface area (TPSA) is 57.2 Å². The van der Waals surface area contributed by atoms with Gasteiger partial charge in [0.15, 0.2) is 0 Å². The van der Waals surface area contributed by atoms with Gasteiger partial charge in [0.1, 0.15) is 17.2 Å². The average molecular weight is 550 g/mol. The number of methoxy groups -OCH3 is 4. The number of amides is 1. The Morgan fingerprint density at radius 1 is 0.944 bits per heavy atom. The largest absolute Gasteiger partial charge is 0.497 e. The molecule has 0 fully saturated rings. The maximum absolute atomic E-state index is 13.3. The first-order chi connectivity index (χ1) is 17.5. The monoisotopic (exact) mass is 549 g/mol. The Balaban J connectivity index is 1.87. The van der Waals surface area contributed by atoms with Crippen molar-refractivity contribution in [1.29, 1.82) is 0 Å². The molecule has 5 rings (SSSR count). The van der Waals surface area contributed by atoms with Crippen LogP contribution in [0.2, 0.25) is 0 Å². The van der Waals surface area contributed by atoms with Crippen molar-refractivity contribution in [3.8, 4) is 17.2 Å². The van der Waals surface area contributed by atoms with Crippen LogP contribution in [0.4, 0.5) is 4.79 Å². The normalized spacial score (nSPS) is 20.2. The van der Waals surface area contributed by atoms with E-state index in [2.05, 4.69) is 28.1 Å². The van der Waals surface area contributed by atoms with Crippen LogP contribution in [0.3, 0.4) is 0 Å². The van der Waals surface area contributed by atoms with Crippen molar-refractivity contribution in [3.05, 3.63) is 93.5 Å². The number of halogens is 1. The minimum Gasteiger partial charge on any atom is -0.497 e. The van der Waals surface area contributed by atoms with Gasteiger partial charge < -0.3 is 18.9 Å². The van der Waals surface area contributed by atoms with Gasteiger partial charge in [-0.1, -0.05) is 46.3 Å². The third kappa shape index (κ3) is 3.73. The van der Waals surface area contributed by atoms with Crippen molar-refractivity contribution in [3.63, 3.8) is 0 Å². The Morgan fingerprint density at radius 3 is 2.36 bits per heavy atom. The molecule has 0 unspecified atom stereocenters. The SMILES string of the molecule is COC(=O)N1CC(c2cccc(OC)c2)=C[C@]2(c3cccc(OC)c3)c3c(OC)ccc(Br)c3C[C@H]12. The molecule has 2 aliphatic rings. The zero-order valence-corrected chi connectivity index (χ0v) is 22.3. The highest BCUT2D eigenvalue weighted by Gasteiger charge is 2.55. The molecule has 1 heterocycles. The van der Waals surface area contributed by atoms with E-state index >= 15 is 0 Å². The molecule has 0 aromatic heterocycles. The number of carbonyl (C=O) groups excluding carboxylic acids is 1. The summed E-state index contributed by atoms with van der Waals surface area (Å²) in [6.07, 6.45) is 2.56. The lowest BCUT2D eigenvalue weighted by atomic mass is 9.68. The van der Waals surface area contributed by atoms with Gasteiger partial charge in [-0.05, 0) is 65.1 Å². The summed E-state index contributed by atoms with van der Waals surface area (Å²) in [6, 6.07) is 19.7. The molecule has 36 heavy (non-hydrogen) atoms. The standard InChI is InChI=1S/C29H28BrNO5/c1-33-21-9-5-7-18(13-21)19-16-29(20-8-6-10-22(14-20)34-2)26(31(17-19)28(32)36-4)15-23-24(30)11-12-25(35-3)27(23)29/h5-14,16,26H,15,17H2,1-4H3/t26-,29+/m0/s1. The maximum Gasteiger partial charge on any atom is 0.410 e. The molecule has 1 aliphatic carbocycles. The first-order valence-electron chi connectivity index (χ1n) is 11.7. The van der Waals surface area contributed by atoms with E-state index < -0.39 is 5.41 Å². The molecule has 0 N–H and O–H groups in total. The fourth-order valence-corrected chi connectivity index (χ4v) is 6.18. The first-order valence-corrected chi connectivity index (χ1v) is 12.5. The van der Waals surface area contributed by atoms with E-state index in [9.17, 15) is 4.79 Å². The van der Waals surface area contributed by atoms with Crippen LogP contribution in [0.25, 0.3) is 5.57 Å². The van der Waals surface area contributed by atoms with Crippen molar-refractivity contribution in [2.45, 2.75) is 17.9 Å². The van der Waals surface area contributed by atoms with Gasteiger partial charge >= 0.3 is 6.09 Å². The van der Waals surface area contributed by atoms with Gasteiger partial charge in [-0.15, -0.1) is 0 Å². The Hall–Kier alpha value is -3.45. The van der Waals surface area contributed by atoms with E-state index in [1.807, 2.05) is 59.5 Å². The number of benzene rings is 3. The van der Waals surface area contributed by atoms with Gasteiger partial charge in [0.25, 0.3) is 0 Å². The van der Waals surface area contributed by atoms with Gasteiger partial charge in [0.2, 0.25) is 0 Å². The molecule has 0 saturated carbocycles. The summed E-state index contributed by atoms with van der Waals surface area (Å²) >= 11 is 3.77. The van der Waals surface area contributed by atoms with Crippen molar-refractivity contribution < 1.29 is 23.7 Å². The molecule has 0 bridgehead atoms. The fourth-order valence-electron chi connectivity index (χ4n) is 5.69. The lowest BCUT2D eigenvalue weighted by Gasteiger charge is -2.45. The molecule has 0 saturated heterocycles. The minimum atomic E-state index is -0.705. The number of carbonyl (C=O) groups is 1. The summed E-state index contributed by atoms with van der Waals surface area (Å²) in [5.74, 6) is 2.27. The van der Waals surface area contributed by atoms with E-state index in [4.69, 9.17) is 18.9 Å². The van der Waals surface area contributed by atoms with Crippen LogP contribution in [-0.2, 0) is 16.6 Å². The number of ether oxygens (including phenoxy) is 4. The van der Waals surface area contributed by atoms with Gasteiger partial charge in [-0.25, -0.2) is 4.79 Å². The predicted octanol–water partition coefficient (Wildman–Crippen LogP) is 5.85.